The summed E-state index contributed by atoms with van der Waals surface area (Å²) in [4.78, 5) is 29.5. The average molecular weight is 385 g/mol. The van der Waals surface area contributed by atoms with Crippen LogP contribution in [0.1, 0.15) is 54.9 Å². The van der Waals surface area contributed by atoms with E-state index in [9.17, 15) is 14.7 Å². The monoisotopic (exact) mass is 384 g/mol. The molecule has 0 radical (unpaired) electrons. The molecule has 2 heterocycles. The van der Waals surface area contributed by atoms with Gasteiger partial charge in [0.1, 0.15) is 0 Å². The lowest BCUT2D eigenvalue weighted by molar-refractivity contribution is -0.140. The Hall–Kier alpha value is -2.14. The first kappa shape index (κ1) is 20.6. The summed E-state index contributed by atoms with van der Waals surface area (Å²) >= 11 is 0. The molecular formula is C23H32N2O3. The maximum Gasteiger partial charge on any atom is 0.254 e. The smallest absolute Gasteiger partial charge is 0.254 e. The van der Waals surface area contributed by atoms with Gasteiger partial charge in [-0.05, 0) is 43.7 Å². The zero-order valence-electron chi connectivity index (χ0n) is 16.9. The summed E-state index contributed by atoms with van der Waals surface area (Å²) < 4.78 is 0. The fraction of sp³-hybridized carbons (Fsp3) is 0.565. The Morgan fingerprint density at radius 2 is 2.00 bits per heavy atom. The molecule has 1 unspecified atom stereocenters. The lowest BCUT2D eigenvalue weighted by atomic mass is 9.71. The number of benzene rings is 1. The molecule has 5 heteroatoms. The van der Waals surface area contributed by atoms with Gasteiger partial charge in [0.05, 0.1) is 6.10 Å². The van der Waals surface area contributed by atoms with E-state index in [0.29, 0.717) is 38.9 Å². The van der Waals surface area contributed by atoms with Gasteiger partial charge in [0.15, 0.2) is 0 Å². The highest BCUT2D eigenvalue weighted by molar-refractivity contribution is 5.95. The number of nitrogens with zero attached hydrogens (tertiary/aromatic N) is 2. The maximum atomic E-state index is 13.2. The van der Waals surface area contributed by atoms with Crippen LogP contribution in [-0.4, -0.2) is 59.0 Å². The van der Waals surface area contributed by atoms with Crippen LogP contribution in [0.15, 0.2) is 36.9 Å². The van der Waals surface area contributed by atoms with E-state index in [-0.39, 0.29) is 11.8 Å². The highest BCUT2D eigenvalue weighted by Gasteiger charge is 2.47. The van der Waals surface area contributed by atoms with Gasteiger partial charge in [0.25, 0.3) is 5.91 Å². The first-order valence-corrected chi connectivity index (χ1v) is 10.4. The molecule has 28 heavy (non-hydrogen) atoms. The summed E-state index contributed by atoms with van der Waals surface area (Å²) in [7, 11) is 0. The van der Waals surface area contributed by atoms with Crippen molar-refractivity contribution in [2.45, 2.75) is 51.6 Å². The normalized spacial score (nSPS) is 25.0. The molecule has 152 valence electrons. The fourth-order valence-corrected chi connectivity index (χ4v) is 4.69. The van der Waals surface area contributed by atoms with E-state index in [1.807, 2.05) is 34.1 Å². The molecule has 1 aromatic rings. The van der Waals surface area contributed by atoms with Crippen molar-refractivity contribution >= 4 is 11.8 Å². The zero-order valence-corrected chi connectivity index (χ0v) is 16.9. The Balaban J connectivity index is 1.77. The highest BCUT2D eigenvalue weighted by Crippen LogP contribution is 2.39. The van der Waals surface area contributed by atoms with Gasteiger partial charge in [-0.25, -0.2) is 0 Å². The van der Waals surface area contributed by atoms with Gasteiger partial charge in [-0.3, -0.25) is 9.59 Å². The molecule has 1 spiro atoms. The van der Waals surface area contributed by atoms with Crippen LogP contribution in [0.25, 0.3) is 0 Å². The standard InChI is InChI=1S/C23H32N2O3/c1-3-5-11-21(27)24-14-8-13-23(16-24)17-25(15-12-20(23)26)22(28)19-10-7-6-9-18(19)4-2/h3,6-7,9-10,20,26H,1,4-5,8,11-17H2,2H3/t20?,23-/m0/s1. The van der Waals surface area contributed by atoms with E-state index in [4.69, 9.17) is 0 Å². The largest absolute Gasteiger partial charge is 0.392 e. The van der Waals surface area contributed by atoms with Crippen molar-refractivity contribution < 1.29 is 14.7 Å². The predicted octanol–water partition coefficient (Wildman–Crippen LogP) is 3.03. The summed E-state index contributed by atoms with van der Waals surface area (Å²) in [5.74, 6) is 0.157. The van der Waals surface area contributed by atoms with Crippen molar-refractivity contribution in [1.82, 2.24) is 9.80 Å². The van der Waals surface area contributed by atoms with Crippen LogP contribution < -0.4 is 0 Å². The van der Waals surface area contributed by atoms with Gasteiger partial charge in [0, 0.05) is 43.6 Å². The third-order valence-electron chi connectivity index (χ3n) is 6.32. The molecule has 5 nitrogen and oxygen atoms in total. The second-order valence-electron chi connectivity index (χ2n) is 8.15. The van der Waals surface area contributed by atoms with Crippen LogP contribution >= 0.6 is 0 Å². The van der Waals surface area contributed by atoms with Crippen LogP contribution in [0.5, 0.6) is 0 Å². The van der Waals surface area contributed by atoms with Crippen LogP contribution in [0.2, 0.25) is 0 Å². The lowest BCUT2D eigenvalue weighted by Gasteiger charge is -2.51. The van der Waals surface area contributed by atoms with Gasteiger partial charge < -0.3 is 14.9 Å². The minimum atomic E-state index is -0.479. The maximum absolute atomic E-state index is 13.2. The molecule has 1 aromatic carbocycles. The summed E-state index contributed by atoms with van der Waals surface area (Å²) in [6.07, 6.45) is 5.50. The molecule has 2 aliphatic rings. The van der Waals surface area contributed by atoms with E-state index in [2.05, 4.69) is 13.5 Å². The van der Waals surface area contributed by atoms with Crippen LogP contribution in [0.4, 0.5) is 0 Å². The van der Waals surface area contributed by atoms with Crippen molar-refractivity contribution in [2.24, 2.45) is 5.41 Å². The number of likely N-dealkylation sites (tertiary alicyclic amines) is 2. The molecule has 1 N–H and O–H groups in total. The molecule has 0 saturated carbocycles. The molecule has 2 amide bonds. The number of aliphatic hydroxyl groups is 1. The van der Waals surface area contributed by atoms with E-state index in [0.717, 1.165) is 36.9 Å². The number of amides is 2. The van der Waals surface area contributed by atoms with E-state index in [1.54, 1.807) is 6.08 Å². The molecule has 0 bridgehead atoms. The number of aryl methyl sites for hydroxylation is 1. The minimum Gasteiger partial charge on any atom is -0.392 e. The number of hydrogen-bond donors (Lipinski definition) is 1. The number of carbonyl (C=O) groups excluding carboxylic acids is 2. The second-order valence-corrected chi connectivity index (χ2v) is 8.15. The predicted molar refractivity (Wildman–Crippen MR) is 110 cm³/mol. The summed E-state index contributed by atoms with van der Waals surface area (Å²) in [6, 6.07) is 7.76. The van der Waals surface area contributed by atoms with Crippen LogP contribution in [-0.2, 0) is 11.2 Å². The zero-order chi connectivity index (χ0) is 20.1. The van der Waals surface area contributed by atoms with E-state index in [1.165, 1.54) is 0 Å². The van der Waals surface area contributed by atoms with Gasteiger partial charge >= 0.3 is 0 Å². The first-order valence-electron chi connectivity index (χ1n) is 10.4. The summed E-state index contributed by atoms with van der Waals surface area (Å²) in [5.41, 5.74) is 1.39. The number of carbonyl (C=O) groups is 2. The highest BCUT2D eigenvalue weighted by atomic mass is 16.3. The molecule has 2 fully saturated rings. The Morgan fingerprint density at radius 1 is 1.25 bits per heavy atom. The number of aliphatic hydroxyl groups excluding tert-OH is 1. The second kappa shape index (κ2) is 8.91. The Morgan fingerprint density at radius 3 is 2.75 bits per heavy atom. The van der Waals surface area contributed by atoms with Crippen LogP contribution in [0, 0.1) is 5.41 Å². The third-order valence-corrected chi connectivity index (χ3v) is 6.32. The molecule has 0 aromatic heterocycles. The third kappa shape index (κ3) is 4.14. The Bertz CT molecular complexity index is 732. The van der Waals surface area contributed by atoms with Crippen molar-refractivity contribution in [1.29, 1.82) is 0 Å². The van der Waals surface area contributed by atoms with Crippen molar-refractivity contribution in [2.75, 3.05) is 26.2 Å². The van der Waals surface area contributed by atoms with Crippen LogP contribution in [0.3, 0.4) is 0 Å². The van der Waals surface area contributed by atoms with E-state index < -0.39 is 11.5 Å². The molecule has 0 aliphatic carbocycles. The fourth-order valence-electron chi connectivity index (χ4n) is 4.69. The van der Waals surface area contributed by atoms with Crippen molar-refractivity contribution in [3.8, 4) is 0 Å². The summed E-state index contributed by atoms with van der Waals surface area (Å²) in [6.45, 7) is 8.08. The lowest BCUT2D eigenvalue weighted by Crippen LogP contribution is -2.60. The molecule has 3 rings (SSSR count). The average Bonchev–Trinajstić information content (AvgIpc) is 2.73. The van der Waals surface area contributed by atoms with Crippen molar-refractivity contribution in [3.63, 3.8) is 0 Å². The quantitative estimate of drug-likeness (QED) is 0.794. The van der Waals surface area contributed by atoms with Gasteiger partial charge in [0.2, 0.25) is 5.91 Å². The summed E-state index contributed by atoms with van der Waals surface area (Å²) in [5, 5.41) is 10.8. The SMILES string of the molecule is C=CCCC(=O)N1CCC[C@]2(C1)CN(C(=O)c1ccccc1CC)CCC2O. The number of hydrogen-bond acceptors (Lipinski definition) is 3. The Labute approximate surface area is 168 Å². The van der Waals surface area contributed by atoms with Gasteiger partial charge in [-0.15, -0.1) is 6.58 Å². The minimum absolute atomic E-state index is 0.0406. The molecule has 2 aliphatic heterocycles. The van der Waals surface area contributed by atoms with E-state index >= 15 is 0 Å². The Kier molecular flexibility index (Phi) is 6.55. The molecule has 2 atom stereocenters. The molecular weight excluding hydrogens is 352 g/mol. The molecule has 2 saturated heterocycles. The number of rotatable bonds is 5. The number of piperidine rings is 2. The van der Waals surface area contributed by atoms with Gasteiger partial charge in [-0.2, -0.15) is 0 Å². The van der Waals surface area contributed by atoms with Gasteiger partial charge in [-0.1, -0.05) is 31.2 Å². The topological polar surface area (TPSA) is 60.9 Å². The van der Waals surface area contributed by atoms with Crippen molar-refractivity contribution in [3.05, 3.63) is 48.0 Å². The number of allylic oxidation sites excluding steroid dienone is 1. The first-order chi connectivity index (χ1) is 13.5.